The lowest BCUT2D eigenvalue weighted by Crippen LogP contribution is -2.36. The van der Waals surface area contributed by atoms with Crippen molar-refractivity contribution in [3.63, 3.8) is 0 Å². The molecule has 1 unspecified atom stereocenters. The molecule has 2 heteroatoms. The van der Waals surface area contributed by atoms with Crippen LogP contribution in [0.5, 0.6) is 0 Å². The van der Waals surface area contributed by atoms with E-state index in [1.807, 2.05) is 11.8 Å². The molecule has 78 valence electrons. The van der Waals surface area contributed by atoms with Gasteiger partial charge in [0.2, 0.25) is 0 Å². The molecule has 0 aromatic carbocycles. The number of rotatable bonds is 7. The molecule has 0 heterocycles. The maximum absolute atomic E-state index is 3.70. The van der Waals surface area contributed by atoms with Crippen LogP contribution in [-0.4, -0.2) is 24.6 Å². The van der Waals surface area contributed by atoms with Crippen LogP contribution in [0.15, 0.2) is 0 Å². The quantitative estimate of drug-likeness (QED) is 0.636. The SMILES string of the molecule is CSCCCNC(C(C)C)C1CC1. The molecule has 0 spiro atoms. The topological polar surface area (TPSA) is 12.0 Å². The van der Waals surface area contributed by atoms with Gasteiger partial charge in [-0.2, -0.15) is 11.8 Å². The van der Waals surface area contributed by atoms with E-state index >= 15 is 0 Å². The molecule has 0 aliphatic heterocycles. The summed E-state index contributed by atoms with van der Waals surface area (Å²) in [5.41, 5.74) is 0. The second-order valence-electron chi connectivity index (χ2n) is 4.41. The minimum absolute atomic E-state index is 0.793. The number of thioether (sulfide) groups is 1. The predicted molar refractivity (Wildman–Crippen MR) is 62.4 cm³/mol. The molecule has 1 atom stereocenters. The van der Waals surface area contributed by atoms with E-state index in [9.17, 15) is 0 Å². The van der Waals surface area contributed by atoms with Gasteiger partial charge in [0.25, 0.3) is 0 Å². The molecule has 1 aliphatic carbocycles. The maximum Gasteiger partial charge on any atom is 0.0118 e. The Morgan fingerprint density at radius 1 is 1.38 bits per heavy atom. The summed E-state index contributed by atoms with van der Waals surface area (Å²) in [6, 6.07) is 0.793. The molecular formula is C11H23NS. The van der Waals surface area contributed by atoms with Crippen LogP contribution in [0.25, 0.3) is 0 Å². The first kappa shape index (κ1) is 11.4. The average molecular weight is 201 g/mol. The first-order valence-corrected chi connectivity index (χ1v) is 6.87. The highest BCUT2D eigenvalue weighted by Gasteiger charge is 2.32. The molecule has 1 nitrogen and oxygen atoms in total. The minimum atomic E-state index is 0.793. The second-order valence-corrected chi connectivity index (χ2v) is 5.39. The zero-order chi connectivity index (χ0) is 9.68. The highest BCUT2D eigenvalue weighted by atomic mass is 32.2. The van der Waals surface area contributed by atoms with Gasteiger partial charge >= 0.3 is 0 Å². The van der Waals surface area contributed by atoms with Crippen LogP contribution in [0.1, 0.15) is 33.1 Å². The standard InChI is InChI=1S/C11H23NS/c1-9(2)11(10-5-6-10)12-7-4-8-13-3/h9-12H,4-8H2,1-3H3. The third-order valence-electron chi connectivity index (χ3n) is 2.75. The van der Waals surface area contributed by atoms with Crippen molar-refractivity contribution in [3.05, 3.63) is 0 Å². The van der Waals surface area contributed by atoms with Gasteiger partial charge in [0.1, 0.15) is 0 Å². The van der Waals surface area contributed by atoms with Crippen LogP contribution in [0.2, 0.25) is 0 Å². The second kappa shape index (κ2) is 5.92. The Hall–Kier alpha value is 0.310. The summed E-state index contributed by atoms with van der Waals surface area (Å²) >= 11 is 1.95. The maximum atomic E-state index is 3.70. The molecule has 0 aromatic rings. The Labute approximate surface area is 87.1 Å². The smallest absolute Gasteiger partial charge is 0.0118 e. The molecule has 1 N–H and O–H groups in total. The van der Waals surface area contributed by atoms with Crippen LogP contribution in [0.3, 0.4) is 0 Å². The van der Waals surface area contributed by atoms with E-state index in [1.165, 1.54) is 31.6 Å². The van der Waals surface area contributed by atoms with E-state index in [0.29, 0.717) is 0 Å². The van der Waals surface area contributed by atoms with Crippen LogP contribution < -0.4 is 5.32 Å². The summed E-state index contributed by atoms with van der Waals surface area (Å²) in [7, 11) is 0. The van der Waals surface area contributed by atoms with Crippen molar-refractivity contribution in [2.24, 2.45) is 11.8 Å². The molecule has 0 radical (unpaired) electrons. The minimum Gasteiger partial charge on any atom is -0.313 e. The highest BCUT2D eigenvalue weighted by molar-refractivity contribution is 7.98. The highest BCUT2D eigenvalue weighted by Crippen LogP contribution is 2.35. The van der Waals surface area contributed by atoms with Crippen LogP contribution >= 0.6 is 11.8 Å². The Bertz CT molecular complexity index is 130. The molecule has 1 saturated carbocycles. The molecule has 13 heavy (non-hydrogen) atoms. The fourth-order valence-corrected chi connectivity index (χ4v) is 2.32. The van der Waals surface area contributed by atoms with E-state index in [0.717, 1.165) is 17.9 Å². The van der Waals surface area contributed by atoms with Crippen molar-refractivity contribution < 1.29 is 0 Å². The average Bonchev–Trinajstić information content (AvgIpc) is 2.87. The van der Waals surface area contributed by atoms with E-state index in [2.05, 4.69) is 25.4 Å². The van der Waals surface area contributed by atoms with Crippen LogP contribution in [-0.2, 0) is 0 Å². The fraction of sp³-hybridized carbons (Fsp3) is 1.00. The van der Waals surface area contributed by atoms with Gasteiger partial charge in [0.05, 0.1) is 0 Å². The molecule has 0 saturated heterocycles. The van der Waals surface area contributed by atoms with Gasteiger partial charge in [-0.3, -0.25) is 0 Å². The van der Waals surface area contributed by atoms with Crippen molar-refractivity contribution >= 4 is 11.8 Å². The van der Waals surface area contributed by atoms with Gasteiger partial charge in [-0.15, -0.1) is 0 Å². The monoisotopic (exact) mass is 201 g/mol. The third-order valence-corrected chi connectivity index (χ3v) is 3.45. The van der Waals surface area contributed by atoms with E-state index in [1.54, 1.807) is 0 Å². The lowest BCUT2D eigenvalue weighted by atomic mass is 9.99. The molecule has 1 aliphatic rings. The van der Waals surface area contributed by atoms with Gasteiger partial charge in [0, 0.05) is 6.04 Å². The summed E-state index contributed by atoms with van der Waals surface area (Å²) < 4.78 is 0. The third kappa shape index (κ3) is 4.37. The summed E-state index contributed by atoms with van der Waals surface area (Å²) in [5.74, 6) is 3.10. The molecule has 0 aromatic heterocycles. The molecule has 1 rings (SSSR count). The van der Waals surface area contributed by atoms with Crippen molar-refractivity contribution in [1.29, 1.82) is 0 Å². The number of nitrogens with one attached hydrogen (secondary N) is 1. The summed E-state index contributed by atoms with van der Waals surface area (Å²) in [6.07, 6.45) is 6.41. The first-order chi connectivity index (χ1) is 6.25. The summed E-state index contributed by atoms with van der Waals surface area (Å²) in [5, 5.41) is 3.70. The largest absolute Gasteiger partial charge is 0.313 e. The van der Waals surface area contributed by atoms with Crippen LogP contribution in [0.4, 0.5) is 0 Å². The molecular weight excluding hydrogens is 178 g/mol. The van der Waals surface area contributed by atoms with E-state index in [4.69, 9.17) is 0 Å². The van der Waals surface area contributed by atoms with Gasteiger partial charge in [-0.1, -0.05) is 13.8 Å². The lowest BCUT2D eigenvalue weighted by Gasteiger charge is -2.21. The van der Waals surface area contributed by atoms with E-state index in [-0.39, 0.29) is 0 Å². The zero-order valence-electron chi connectivity index (χ0n) is 9.18. The predicted octanol–water partition coefficient (Wildman–Crippen LogP) is 2.76. The van der Waals surface area contributed by atoms with Crippen molar-refractivity contribution in [2.75, 3.05) is 18.6 Å². The molecule has 1 fully saturated rings. The first-order valence-electron chi connectivity index (χ1n) is 5.48. The summed E-state index contributed by atoms with van der Waals surface area (Å²) in [4.78, 5) is 0. The Balaban J connectivity index is 2.08. The van der Waals surface area contributed by atoms with Crippen molar-refractivity contribution in [2.45, 2.75) is 39.2 Å². The zero-order valence-corrected chi connectivity index (χ0v) is 9.99. The number of hydrogen-bond acceptors (Lipinski definition) is 2. The van der Waals surface area contributed by atoms with Gasteiger partial charge in [-0.25, -0.2) is 0 Å². The van der Waals surface area contributed by atoms with Gasteiger partial charge < -0.3 is 5.32 Å². The van der Waals surface area contributed by atoms with E-state index < -0.39 is 0 Å². The van der Waals surface area contributed by atoms with Crippen molar-refractivity contribution in [1.82, 2.24) is 5.32 Å². The van der Waals surface area contributed by atoms with Crippen LogP contribution in [0, 0.1) is 11.8 Å². The molecule has 0 amide bonds. The lowest BCUT2D eigenvalue weighted by molar-refractivity contribution is 0.362. The van der Waals surface area contributed by atoms with Gasteiger partial charge in [-0.05, 0) is 49.7 Å². The Morgan fingerprint density at radius 3 is 2.54 bits per heavy atom. The van der Waals surface area contributed by atoms with Crippen molar-refractivity contribution in [3.8, 4) is 0 Å². The molecule has 0 bridgehead atoms. The Kier molecular flexibility index (Phi) is 5.18. The van der Waals surface area contributed by atoms with Gasteiger partial charge in [0.15, 0.2) is 0 Å². The normalized spacial score (nSPS) is 19.4. The summed E-state index contributed by atoms with van der Waals surface area (Å²) in [6.45, 7) is 5.88. The Morgan fingerprint density at radius 2 is 2.08 bits per heavy atom. The number of hydrogen-bond donors (Lipinski definition) is 1. The fourth-order valence-electron chi connectivity index (χ4n) is 1.89.